The van der Waals surface area contributed by atoms with E-state index in [1.807, 2.05) is 13.8 Å². The minimum absolute atomic E-state index is 0.0717. The largest absolute Gasteiger partial charge is 0.394 e. The maximum Gasteiger partial charge on any atom is 0.108 e. The van der Waals surface area contributed by atoms with Gasteiger partial charge in [0.25, 0.3) is 0 Å². The average molecular weight is 161 g/mol. The maximum absolute atomic E-state index is 8.63. The quantitative estimate of drug-likeness (QED) is 0.574. The Labute approximate surface area is 66.5 Å². The Bertz CT molecular complexity index is 89.7. The minimum Gasteiger partial charge on any atom is -0.394 e. The van der Waals surface area contributed by atoms with E-state index >= 15 is 0 Å². The van der Waals surface area contributed by atoms with Gasteiger partial charge in [0.1, 0.15) is 13.0 Å². The second-order valence-corrected chi connectivity index (χ2v) is 2.30. The molecule has 2 N–H and O–H groups in total. The van der Waals surface area contributed by atoms with Gasteiger partial charge >= 0.3 is 0 Å². The molecule has 0 saturated carbocycles. The minimum atomic E-state index is 0.0717. The van der Waals surface area contributed by atoms with E-state index in [1.165, 1.54) is 0 Å². The monoisotopic (exact) mass is 161 g/mol. The zero-order valence-electron chi connectivity index (χ0n) is 6.75. The normalized spacial score (nSPS) is 29.3. The van der Waals surface area contributed by atoms with E-state index in [9.17, 15) is 0 Å². The lowest BCUT2D eigenvalue weighted by molar-refractivity contribution is -0.0979. The fourth-order valence-corrected chi connectivity index (χ4v) is 1.05. The molecule has 0 aromatic heterocycles. The van der Waals surface area contributed by atoms with Crippen LogP contribution in [0.5, 0.6) is 0 Å². The first-order chi connectivity index (χ1) is 5.36. The number of rotatable bonds is 2. The van der Waals surface area contributed by atoms with Crippen LogP contribution in [-0.4, -0.2) is 37.9 Å². The summed E-state index contributed by atoms with van der Waals surface area (Å²) in [5, 5.41) is 11.6. The van der Waals surface area contributed by atoms with Gasteiger partial charge in [-0.2, -0.15) is 0 Å². The van der Waals surface area contributed by atoms with Gasteiger partial charge in [-0.1, -0.05) is 0 Å². The number of aliphatic hydroxyl groups is 1. The van der Waals surface area contributed by atoms with Gasteiger partial charge < -0.3 is 14.6 Å². The fourth-order valence-electron chi connectivity index (χ4n) is 1.05. The van der Waals surface area contributed by atoms with Crippen LogP contribution in [0, 0.1) is 0 Å². The standard InChI is InChI=1S/C6H13NO2.CH2O/c1-7-6-3-2-5(4-8)9-6;1-2/h5-8H,2-4H2,1H3;1H2. The van der Waals surface area contributed by atoms with Gasteiger partial charge in [0, 0.05) is 0 Å². The highest BCUT2D eigenvalue weighted by Crippen LogP contribution is 2.16. The summed E-state index contributed by atoms with van der Waals surface area (Å²) in [6.07, 6.45) is 2.23. The van der Waals surface area contributed by atoms with Crippen molar-refractivity contribution < 1.29 is 14.6 Å². The van der Waals surface area contributed by atoms with Gasteiger partial charge in [-0.3, -0.25) is 5.32 Å². The van der Waals surface area contributed by atoms with Crippen LogP contribution >= 0.6 is 0 Å². The second-order valence-electron chi connectivity index (χ2n) is 2.30. The maximum atomic E-state index is 8.63. The Kier molecular flexibility index (Phi) is 6.02. The summed E-state index contributed by atoms with van der Waals surface area (Å²) in [5.41, 5.74) is 0. The molecular formula is C7H15NO3. The molecule has 4 heteroatoms. The summed E-state index contributed by atoms with van der Waals surface area (Å²) in [6, 6.07) is 0. The first-order valence-electron chi connectivity index (χ1n) is 3.59. The van der Waals surface area contributed by atoms with Crippen molar-refractivity contribution in [2.24, 2.45) is 0 Å². The van der Waals surface area contributed by atoms with E-state index in [0.717, 1.165) is 12.8 Å². The van der Waals surface area contributed by atoms with Gasteiger partial charge in [0.2, 0.25) is 0 Å². The molecule has 4 nitrogen and oxygen atoms in total. The first-order valence-corrected chi connectivity index (χ1v) is 3.59. The van der Waals surface area contributed by atoms with Gasteiger partial charge in [0.05, 0.1) is 12.7 Å². The Morgan fingerprint density at radius 1 is 1.64 bits per heavy atom. The molecule has 0 aromatic carbocycles. The zero-order valence-corrected chi connectivity index (χ0v) is 6.75. The van der Waals surface area contributed by atoms with Crippen molar-refractivity contribution in [1.29, 1.82) is 0 Å². The predicted octanol–water partition coefficient (Wildman–Crippen LogP) is -0.482. The predicted molar refractivity (Wildman–Crippen MR) is 41.2 cm³/mol. The van der Waals surface area contributed by atoms with E-state index < -0.39 is 0 Å². The molecular weight excluding hydrogens is 146 g/mol. The molecule has 0 amide bonds. The highest BCUT2D eigenvalue weighted by atomic mass is 16.5. The zero-order chi connectivity index (χ0) is 8.69. The second kappa shape index (κ2) is 6.27. The number of aliphatic hydroxyl groups excluding tert-OH is 1. The van der Waals surface area contributed by atoms with Crippen LogP contribution in [0.15, 0.2) is 0 Å². The van der Waals surface area contributed by atoms with E-state index in [0.29, 0.717) is 0 Å². The van der Waals surface area contributed by atoms with Crippen LogP contribution in [0.3, 0.4) is 0 Å². The van der Waals surface area contributed by atoms with Crippen molar-refractivity contribution in [2.75, 3.05) is 13.7 Å². The third-order valence-corrected chi connectivity index (χ3v) is 1.63. The smallest absolute Gasteiger partial charge is 0.108 e. The van der Waals surface area contributed by atoms with Crippen LogP contribution in [-0.2, 0) is 9.53 Å². The molecule has 1 heterocycles. The van der Waals surface area contributed by atoms with Gasteiger partial charge in [0.15, 0.2) is 0 Å². The summed E-state index contributed by atoms with van der Waals surface area (Å²) in [7, 11) is 1.87. The topological polar surface area (TPSA) is 58.6 Å². The lowest BCUT2D eigenvalue weighted by atomic mass is 10.2. The van der Waals surface area contributed by atoms with Crippen LogP contribution in [0.2, 0.25) is 0 Å². The highest BCUT2D eigenvalue weighted by molar-refractivity contribution is 5.10. The molecule has 0 radical (unpaired) electrons. The van der Waals surface area contributed by atoms with E-state index in [2.05, 4.69) is 5.32 Å². The molecule has 1 fully saturated rings. The van der Waals surface area contributed by atoms with Crippen molar-refractivity contribution in [3.8, 4) is 0 Å². The molecule has 1 saturated heterocycles. The molecule has 11 heavy (non-hydrogen) atoms. The van der Waals surface area contributed by atoms with Crippen molar-refractivity contribution in [3.63, 3.8) is 0 Å². The van der Waals surface area contributed by atoms with E-state index in [-0.39, 0.29) is 18.9 Å². The summed E-state index contributed by atoms with van der Waals surface area (Å²) >= 11 is 0. The summed E-state index contributed by atoms with van der Waals surface area (Å²) in [6.45, 7) is 2.15. The molecule has 2 atom stereocenters. The molecule has 2 unspecified atom stereocenters. The number of carbonyl (C=O) groups is 1. The molecule has 0 aliphatic carbocycles. The SMILES string of the molecule is C=O.CNC1CCC(CO)O1. The Hall–Kier alpha value is -0.450. The van der Waals surface area contributed by atoms with Gasteiger partial charge in [-0.05, 0) is 19.9 Å². The molecule has 0 bridgehead atoms. The number of nitrogens with one attached hydrogen (secondary N) is 1. The van der Waals surface area contributed by atoms with E-state index in [1.54, 1.807) is 0 Å². The molecule has 0 aromatic rings. The average Bonchev–Trinajstić information content (AvgIpc) is 2.55. The van der Waals surface area contributed by atoms with E-state index in [4.69, 9.17) is 14.6 Å². The highest BCUT2D eigenvalue weighted by Gasteiger charge is 2.22. The van der Waals surface area contributed by atoms with Crippen molar-refractivity contribution in [3.05, 3.63) is 0 Å². The third kappa shape index (κ3) is 3.46. The van der Waals surface area contributed by atoms with Crippen molar-refractivity contribution in [2.45, 2.75) is 25.2 Å². The number of hydrogen-bond acceptors (Lipinski definition) is 4. The first kappa shape index (κ1) is 10.6. The molecule has 1 rings (SSSR count). The van der Waals surface area contributed by atoms with Gasteiger partial charge in [-0.25, -0.2) is 0 Å². The third-order valence-electron chi connectivity index (χ3n) is 1.63. The van der Waals surface area contributed by atoms with Crippen LogP contribution < -0.4 is 5.32 Å². The molecule has 1 aliphatic heterocycles. The van der Waals surface area contributed by atoms with Crippen molar-refractivity contribution in [1.82, 2.24) is 5.32 Å². The lowest BCUT2D eigenvalue weighted by Gasteiger charge is -2.09. The molecule has 0 spiro atoms. The van der Waals surface area contributed by atoms with Gasteiger partial charge in [-0.15, -0.1) is 0 Å². The number of carbonyl (C=O) groups excluding carboxylic acids is 1. The summed E-state index contributed by atoms with van der Waals surface area (Å²) in [4.78, 5) is 8.00. The summed E-state index contributed by atoms with van der Waals surface area (Å²) in [5.74, 6) is 0. The Balaban J connectivity index is 0.000000461. The molecule has 66 valence electrons. The van der Waals surface area contributed by atoms with Crippen LogP contribution in [0.1, 0.15) is 12.8 Å². The lowest BCUT2D eigenvalue weighted by Crippen LogP contribution is -2.25. The van der Waals surface area contributed by atoms with Crippen molar-refractivity contribution >= 4 is 6.79 Å². The molecule has 1 aliphatic rings. The fraction of sp³-hybridized carbons (Fsp3) is 0.857. The summed E-state index contributed by atoms with van der Waals surface area (Å²) < 4.78 is 5.30. The number of hydrogen-bond donors (Lipinski definition) is 2. The van der Waals surface area contributed by atoms with Crippen LogP contribution in [0.25, 0.3) is 0 Å². The Morgan fingerprint density at radius 3 is 2.55 bits per heavy atom. The van der Waals surface area contributed by atoms with Crippen LogP contribution in [0.4, 0.5) is 0 Å². The number of ether oxygens (including phenoxy) is 1. The Morgan fingerprint density at radius 2 is 2.27 bits per heavy atom.